The number of hydroxylamine groups is 2. The van der Waals surface area contributed by atoms with E-state index in [1.54, 1.807) is 29.3 Å². The lowest BCUT2D eigenvalue weighted by atomic mass is 10.3. The van der Waals surface area contributed by atoms with Gasteiger partial charge in [-0.25, -0.2) is 0 Å². The first-order valence-electron chi connectivity index (χ1n) is 3.90. The first-order chi connectivity index (χ1) is 5.72. The molecule has 3 heteroatoms. The van der Waals surface area contributed by atoms with Crippen LogP contribution in [0, 0.1) is 0 Å². The highest BCUT2D eigenvalue weighted by atomic mass is 16.7. The Kier molecular flexibility index (Phi) is 2.94. The van der Waals surface area contributed by atoms with E-state index in [2.05, 4.69) is 0 Å². The van der Waals surface area contributed by atoms with Gasteiger partial charge in [-0.05, 0) is 19.1 Å². The van der Waals surface area contributed by atoms with Gasteiger partial charge >= 0.3 is 0 Å². The zero-order chi connectivity index (χ0) is 8.97. The number of phenolic OH excluding ortho intramolecular Hbond substituents is 1. The Morgan fingerprint density at radius 1 is 1.50 bits per heavy atom. The Morgan fingerprint density at radius 2 is 2.25 bits per heavy atom. The first kappa shape index (κ1) is 8.87. The molecule has 66 valence electrons. The van der Waals surface area contributed by atoms with Crippen LogP contribution >= 0.6 is 0 Å². The molecule has 0 aliphatic rings. The van der Waals surface area contributed by atoms with E-state index in [4.69, 9.17) is 9.94 Å². The van der Waals surface area contributed by atoms with E-state index in [1.165, 1.54) is 0 Å². The maximum atomic E-state index is 9.10. The highest BCUT2D eigenvalue weighted by Crippen LogP contribution is 2.17. The van der Waals surface area contributed by atoms with Gasteiger partial charge in [0, 0.05) is 19.7 Å². The lowest BCUT2D eigenvalue weighted by Crippen LogP contribution is -2.21. The smallest absolute Gasteiger partial charge is 0.151 e. The number of phenols is 1. The second-order valence-electron chi connectivity index (χ2n) is 2.53. The molecule has 1 aromatic carbocycles. The van der Waals surface area contributed by atoms with Gasteiger partial charge < -0.3 is 9.94 Å². The summed E-state index contributed by atoms with van der Waals surface area (Å²) in [6.45, 7) is 2.79. The van der Waals surface area contributed by atoms with Crippen LogP contribution in [-0.2, 0) is 0 Å². The molecule has 12 heavy (non-hydrogen) atoms. The zero-order valence-corrected chi connectivity index (χ0v) is 7.32. The molecule has 0 bridgehead atoms. The van der Waals surface area contributed by atoms with E-state index in [1.807, 2.05) is 14.0 Å². The summed E-state index contributed by atoms with van der Waals surface area (Å²) >= 11 is 0. The maximum Gasteiger partial charge on any atom is 0.151 e. The normalized spacial score (nSPS) is 10.2. The van der Waals surface area contributed by atoms with Crippen LogP contribution in [0.15, 0.2) is 24.3 Å². The van der Waals surface area contributed by atoms with Crippen molar-refractivity contribution in [1.29, 1.82) is 0 Å². The average molecular weight is 167 g/mol. The molecule has 0 atom stereocenters. The van der Waals surface area contributed by atoms with Crippen molar-refractivity contribution in [3.63, 3.8) is 0 Å². The summed E-state index contributed by atoms with van der Waals surface area (Å²) in [6, 6.07) is 6.73. The molecule has 1 N–H and O–H groups in total. The van der Waals surface area contributed by atoms with Crippen molar-refractivity contribution in [3.05, 3.63) is 24.3 Å². The van der Waals surface area contributed by atoms with E-state index in [0.29, 0.717) is 5.75 Å². The fourth-order valence-corrected chi connectivity index (χ4v) is 0.785. The fraction of sp³-hybridized carbons (Fsp3) is 0.333. The molecule has 0 unspecified atom stereocenters. The molecule has 0 saturated heterocycles. The van der Waals surface area contributed by atoms with Gasteiger partial charge in [0.25, 0.3) is 0 Å². The van der Waals surface area contributed by atoms with Crippen LogP contribution in [0.4, 0.5) is 0 Å². The third-order valence-corrected chi connectivity index (χ3v) is 1.52. The fourth-order valence-electron chi connectivity index (χ4n) is 0.785. The van der Waals surface area contributed by atoms with Gasteiger partial charge in [0.15, 0.2) is 5.75 Å². The van der Waals surface area contributed by atoms with E-state index in [-0.39, 0.29) is 5.75 Å². The van der Waals surface area contributed by atoms with Crippen molar-refractivity contribution in [2.75, 3.05) is 13.6 Å². The molecule has 0 aromatic heterocycles. The Hall–Kier alpha value is -1.22. The minimum Gasteiger partial charge on any atom is -0.508 e. The van der Waals surface area contributed by atoms with Gasteiger partial charge in [-0.1, -0.05) is 6.07 Å². The number of benzene rings is 1. The summed E-state index contributed by atoms with van der Waals surface area (Å²) in [5, 5.41) is 10.8. The maximum absolute atomic E-state index is 9.10. The van der Waals surface area contributed by atoms with Crippen molar-refractivity contribution in [2.45, 2.75) is 6.92 Å². The predicted octanol–water partition coefficient (Wildman–Crippen LogP) is 1.64. The van der Waals surface area contributed by atoms with E-state index in [0.717, 1.165) is 6.54 Å². The second-order valence-corrected chi connectivity index (χ2v) is 2.53. The van der Waals surface area contributed by atoms with Gasteiger partial charge in [0.1, 0.15) is 5.75 Å². The molecule has 0 saturated carbocycles. The number of nitrogens with zero attached hydrogens (tertiary/aromatic N) is 1. The van der Waals surface area contributed by atoms with E-state index in [9.17, 15) is 0 Å². The van der Waals surface area contributed by atoms with Gasteiger partial charge in [0.05, 0.1) is 0 Å². The van der Waals surface area contributed by atoms with Crippen molar-refractivity contribution >= 4 is 0 Å². The van der Waals surface area contributed by atoms with Crippen LogP contribution in [0.5, 0.6) is 11.5 Å². The van der Waals surface area contributed by atoms with Crippen molar-refractivity contribution in [3.8, 4) is 11.5 Å². The van der Waals surface area contributed by atoms with Crippen LogP contribution in [0.25, 0.3) is 0 Å². The molecular formula is C9H13NO2. The van der Waals surface area contributed by atoms with Crippen LogP contribution in [0.1, 0.15) is 6.92 Å². The van der Waals surface area contributed by atoms with Crippen molar-refractivity contribution < 1.29 is 9.94 Å². The lowest BCUT2D eigenvalue weighted by molar-refractivity contribution is -0.0264. The summed E-state index contributed by atoms with van der Waals surface area (Å²) < 4.78 is 0. The van der Waals surface area contributed by atoms with E-state index >= 15 is 0 Å². The van der Waals surface area contributed by atoms with Crippen LogP contribution in [-0.4, -0.2) is 23.8 Å². The second kappa shape index (κ2) is 3.97. The molecule has 0 amide bonds. The summed E-state index contributed by atoms with van der Waals surface area (Å²) in [7, 11) is 1.84. The monoisotopic (exact) mass is 167 g/mol. The summed E-state index contributed by atoms with van der Waals surface area (Å²) in [6.07, 6.45) is 0. The molecule has 0 spiro atoms. The van der Waals surface area contributed by atoms with Gasteiger partial charge in [0.2, 0.25) is 0 Å². The number of rotatable bonds is 3. The summed E-state index contributed by atoms with van der Waals surface area (Å²) in [5.74, 6) is 0.872. The third-order valence-electron chi connectivity index (χ3n) is 1.52. The lowest BCUT2D eigenvalue weighted by Gasteiger charge is -2.14. The molecule has 3 nitrogen and oxygen atoms in total. The van der Waals surface area contributed by atoms with Gasteiger partial charge in [-0.2, -0.15) is 0 Å². The highest BCUT2D eigenvalue weighted by molar-refractivity contribution is 5.31. The average Bonchev–Trinajstić information content (AvgIpc) is 2.04. The third kappa shape index (κ3) is 2.43. The zero-order valence-electron chi connectivity index (χ0n) is 7.32. The number of hydrogen-bond acceptors (Lipinski definition) is 3. The SMILES string of the molecule is CCN(C)Oc1cccc(O)c1. The molecule has 0 aliphatic heterocycles. The molecule has 1 aromatic rings. The first-order valence-corrected chi connectivity index (χ1v) is 3.90. The topological polar surface area (TPSA) is 32.7 Å². The molecular weight excluding hydrogens is 154 g/mol. The summed E-state index contributed by atoms with van der Waals surface area (Å²) in [5.41, 5.74) is 0. The minimum absolute atomic E-state index is 0.219. The molecule has 0 radical (unpaired) electrons. The van der Waals surface area contributed by atoms with Crippen molar-refractivity contribution in [2.24, 2.45) is 0 Å². The van der Waals surface area contributed by atoms with Crippen molar-refractivity contribution in [1.82, 2.24) is 5.06 Å². The van der Waals surface area contributed by atoms with Crippen LogP contribution in [0.2, 0.25) is 0 Å². The Balaban J connectivity index is 2.63. The van der Waals surface area contributed by atoms with Gasteiger partial charge in [-0.15, -0.1) is 5.06 Å². The largest absolute Gasteiger partial charge is 0.508 e. The molecule has 0 heterocycles. The number of hydrogen-bond donors (Lipinski definition) is 1. The van der Waals surface area contributed by atoms with E-state index < -0.39 is 0 Å². The highest BCUT2D eigenvalue weighted by Gasteiger charge is 1.97. The number of aromatic hydroxyl groups is 1. The Bertz CT molecular complexity index is 250. The molecule has 1 rings (SSSR count). The molecule has 0 aliphatic carbocycles. The summed E-state index contributed by atoms with van der Waals surface area (Å²) in [4.78, 5) is 5.32. The standard InChI is InChI=1S/C9H13NO2/c1-3-10(2)12-9-6-4-5-8(11)7-9/h4-7,11H,3H2,1-2H3. The minimum atomic E-state index is 0.219. The van der Waals surface area contributed by atoms with Crippen LogP contribution in [0.3, 0.4) is 0 Å². The Morgan fingerprint density at radius 3 is 2.83 bits per heavy atom. The Labute approximate surface area is 72.1 Å². The molecule has 0 fully saturated rings. The van der Waals surface area contributed by atoms with Gasteiger partial charge in [-0.3, -0.25) is 0 Å². The van der Waals surface area contributed by atoms with Crippen LogP contribution < -0.4 is 4.84 Å². The quantitative estimate of drug-likeness (QED) is 0.694. The predicted molar refractivity (Wildman–Crippen MR) is 47.0 cm³/mol.